The van der Waals surface area contributed by atoms with Gasteiger partial charge in [-0.1, -0.05) is 62.4 Å². The number of hydrogen-bond donors (Lipinski definition) is 2. The standard InChI is InChI=1S/C30H36N2O5S/c1-22(2)18-27(31-29(34)19-37-24-12-7-4-8-13-24)30(35)32-26(16-15-23-10-5-3-6-11-23)28(33)21-38-20-25-14-9-17-36-25/h3-14,17,22,26-27H,15-16,18-21H2,1-2H3,(H,31,34)(H,32,35). The van der Waals surface area contributed by atoms with E-state index in [1.165, 1.54) is 11.8 Å². The van der Waals surface area contributed by atoms with Crippen LogP contribution in [0.15, 0.2) is 83.5 Å². The molecule has 0 spiro atoms. The Labute approximate surface area is 228 Å². The van der Waals surface area contributed by atoms with Crippen molar-refractivity contribution < 1.29 is 23.5 Å². The summed E-state index contributed by atoms with van der Waals surface area (Å²) in [7, 11) is 0. The number of hydrogen-bond acceptors (Lipinski definition) is 6. The van der Waals surface area contributed by atoms with Crippen molar-refractivity contribution in [3.63, 3.8) is 0 Å². The van der Waals surface area contributed by atoms with Gasteiger partial charge in [0.1, 0.15) is 17.6 Å². The molecule has 2 unspecified atom stereocenters. The molecule has 7 nitrogen and oxygen atoms in total. The summed E-state index contributed by atoms with van der Waals surface area (Å²) in [6.45, 7) is 3.76. The van der Waals surface area contributed by atoms with Gasteiger partial charge >= 0.3 is 0 Å². The Morgan fingerprint density at radius 2 is 1.61 bits per heavy atom. The second-order valence-corrected chi connectivity index (χ2v) is 10.5. The lowest BCUT2D eigenvalue weighted by Crippen LogP contribution is -2.53. The molecular formula is C30H36N2O5S. The number of ketones is 1. The number of nitrogens with one attached hydrogen (secondary N) is 2. The maximum Gasteiger partial charge on any atom is 0.258 e. The molecule has 0 aliphatic heterocycles. The number of carbonyl (C=O) groups is 3. The average molecular weight is 537 g/mol. The fourth-order valence-electron chi connectivity index (χ4n) is 3.89. The molecule has 3 aromatic rings. The Kier molecular flexibility index (Phi) is 12.0. The summed E-state index contributed by atoms with van der Waals surface area (Å²) in [5.74, 6) is 1.52. The number of aryl methyl sites for hydroxylation is 1. The normalized spacial score (nSPS) is 12.5. The summed E-state index contributed by atoms with van der Waals surface area (Å²) in [6, 6.07) is 21.1. The van der Waals surface area contributed by atoms with E-state index in [0.717, 1.165) is 11.3 Å². The number of Topliss-reactive ketones (excluding diaryl/α,β-unsaturated/α-hetero) is 1. The van der Waals surface area contributed by atoms with Gasteiger partial charge in [-0.2, -0.15) is 0 Å². The number of rotatable bonds is 16. The van der Waals surface area contributed by atoms with Crippen molar-refractivity contribution in [2.24, 2.45) is 5.92 Å². The van der Waals surface area contributed by atoms with Gasteiger partial charge in [-0.25, -0.2) is 0 Å². The zero-order valence-corrected chi connectivity index (χ0v) is 22.7. The molecule has 1 heterocycles. The van der Waals surface area contributed by atoms with Crippen LogP contribution in [0.2, 0.25) is 0 Å². The highest BCUT2D eigenvalue weighted by molar-refractivity contribution is 7.99. The molecule has 2 N–H and O–H groups in total. The Balaban J connectivity index is 1.61. The van der Waals surface area contributed by atoms with Crippen molar-refractivity contribution in [2.75, 3.05) is 12.4 Å². The van der Waals surface area contributed by atoms with Crippen molar-refractivity contribution in [3.8, 4) is 5.75 Å². The van der Waals surface area contributed by atoms with E-state index in [0.29, 0.717) is 30.8 Å². The molecule has 0 aliphatic rings. The van der Waals surface area contributed by atoms with Crippen LogP contribution in [0.25, 0.3) is 0 Å². The molecule has 0 aliphatic carbocycles. The highest BCUT2D eigenvalue weighted by Crippen LogP contribution is 2.15. The first-order valence-corrected chi connectivity index (χ1v) is 14.0. The van der Waals surface area contributed by atoms with Crippen LogP contribution in [0, 0.1) is 5.92 Å². The summed E-state index contributed by atoms with van der Waals surface area (Å²) >= 11 is 1.45. The van der Waals surface area contributed by atoms with Crippen molar-refractivity contribution in [1.82, 2.24) is 10.6 Å². The summed E-state index contributed by atoms with van der Waals surface area (Å²) in [5.41, 5.74) is 1.09. The van der Waals surface area contributed by atoms with E-state index in [1.807, 2.05) is 74.5 Å². The second-order valence-electron chi connectivity index (χ2n) is 9.48. The van der Waals surface area contributed by atoms with Crippen LogP contribution in [-0.4, -0.2) is 42.0 Å². The quantitative estimate of drug-likeness (QED) is 0.273. The van der Waals surface area contributed by atoms with Gasteiger partial charge in [0.05, 0.1) is 23.8 Å². The lowest BCUT2D eigenvalue weighted by molar-refractivity contribution is -0.132. The Morgan fingerprint density at radius 1 is 0.895 bits per heavy atom. The molecule has 0 saturated heterocycles. The van der Waals surface area contributed by atoms with Gasteiger partial charge < -0.3 is 19.8 Å². The van der Waals surface area contributed by atoms with Crippen molar-refractivity contribution in [3.05, 3.63) is 90.4 Å². The maximum atomic E-state index is 13.3. The zero-order valence-electron chi connectivity index (χ0n) is 21.9. The third kappa shape index (κ3) is 10.5. The molecule has 0 saturated carbocycles. The van der Waals surface area contributed by atoms with Gasteiger partial charge in [0, 0.05) is 0 Å². The smallest absolute Gasteiger partial charge is 0.258 e. The Hall–Kier alpha value is -3.52. The number of thioether (sulfide) groups is 1. The number of para-hydroxylation sites is 1. The van der Waals surface area contributed by atoms with Crippen molar-refractivity contribution >= 4 is 29.4 Å². The molecule has 0 bridgehead atoms. The zero-order chi connectivity index (χ0) is 27.2. The SMILES string of the molecule is CC(C)CC(NC(=O)COc1ccccc1)C(=O)NC(CCc1ccccc1)C(=O)CSCc1ccco1. The minimum absolute atomic E-state index is 0.0622. The predicted octanol–water partition coefficient (Wildman–Crippen LogP) is 4.81. The van der Waals surface area contributed by atoms with Crippen molar-refractivity contribution in [1.29, 1.82) is 0 Å². The lowest BCUT2D eigenvalue weighted by Gasteiger charge is -2.24. The fourth-order valence-corrected chi connectivity index (χ4v) is 4.76. The van der Waals surface area contributed by atoms with Gasteiger partial charge in [0.2, 0.25) is 5.91 Å². The first-order chi connectivity index (χ1) is 18.4. The summed E-state index contributed by atoms with van der Waals surface area (Å²) < 4.78 is 10.9. The van der Waals surface area contributed by atoms with Crippen LogP contribution in [0.4, 0.5) is 0 Å². The number of carbonyl (C=O) groups excluding carboxylic acids is 3. The fraction of sp³-hybridized carbons (Fsp3) is 0.367. The second kappa shape index (κ2) is 15.7. The third-order valence-corrected chi connectivity index (χ3v) is 6.79. The average Bonchev–Trinajstić information content (AvgIpc) is 3.44. The predicted molar refractivity (Wildman–Crippen MR) is 150 cm³/mol. The third-order valence-electron chi connectivity index (χ3n) is 5.81. The van der Waals surface area contributed by atoms with Gasteiger partial charge in [-0.05, 0) is 55.0 Å². The maximum absolute atomic E-state index is 13.3. The number of benzene rings is 2. The molecule has 2 amide bonds. The minimum Gasteiger partial charge on any atom is -0.484 e. The van der Waals surface area contributed by atoms with Gasteiger partial charge in [0.25, 0.3) is 5.91 Å². The highest BCUT2D eigenvalue weighted by Gasteiger charge is 2.27. The lowest BCUT2D eigenvalue weighted by atomic mass is 10.00. The number of amides is 2. The molecular weight excluding hydrogens is 500 g/mol. The van der Waals surface area contributed by atoms with Gasteiger partial charge in [0.15, 0.2) is 12.4 Å². The Morgan fingerprint density at radius 3 is 2.26 bits per heavy atom. The van der Waals surface area contributed by atoms with Crippen LogP contribution in [0.3, 0.4) is 0 Å². The molecule has 0 fully saturated rings. The van der Waals surface area contributed by atoms with Gasteiger partial charge in [-0.15, -0.1) is 11.8 Å². The topological polar surface area (TPSA) is 97.6 Å². The van der Waals surface area contributed by atoms with E-state index in [-0.39, 0.29) is 30.0 Å². The molecule has 3 rings (SSSR count). The number of ether oxygens (including phenoxy) is 1. The molecule has 2 atom stereocenters. The van der Waals surface area contributed by atoms with Crippen LogP contribution in [0.1, 0.15) is 38.0 Å². The van der Waals surface area contributed by atoms with Crippen LogP contribution in [0.5, 0.6) is 5.75 Å². The van der Waals surface area contributed by atoms with Crippen LogP contribution in [-0.2, 0) is 26.6 Å². The van der Waals surface area contributed by atoms with Crippen LogP contribution >= 0.6 is 11.8 Å². The molecule has 202 valence electrons. The summed E-state index contributed by atoms with van der Waals surface area (Å²) in [6.07, 6.45) is 3.16. The van der Waals surface area contributed by atoms with Crippen molar-refractivity contribution in [2.45, 2.75) is 50.9 Å². The van der Waals surface area contributed by atoms with Gasteiger partial charge in [-0.3, -0.25) is 14.4 Å². The van der Waals surface area contributed by atoms with Crippen LogP contribution < -0.4 is 15.4 Å². The molecule has 8 heteroatoms. The minimum atomic E-state index is -0.773. The van der Waals surface area contributed by atoms with E-state index < -0.39 is 18.0 Å². The number of furan rings is 1. The van der Waals surface area contributed by atoms with E-state index >= 15 is 0 Å². The summed E-state index contributed by atoms with van der Waals surface area (Å²) in [5, 5.41) is 5.73. The molecule has 38 heavy (non-hydrogen) atoms. The molecule has 2 aromatic carbocycles. The van der Waals surface area contributed by atoms with E-state index in [1.54, 1.807) is 18.4 Å². The van der Waals surface area contributed by atoms with E-state index in [2.05, 4.69) is 10.6 Å². The molecule has 1 aromatic heterocycles. The Bertz CT molecular complexity index is 1120. The van der Waals surface area contributed by atoms with E-state index in [9.17, 15) is 14.4 Å². The first kappa shape index (κ1) is 29.0. The highest BCUT2D eigenvalue weighted by atomic mass is 32.2. The summed E-state index contributed by atoms with van der Waals surface area (Å²) in [4.78, 5) is 39.1. The first-order valence-electron chi connectivity index (χ1n) is 12.8. The monoisotopic (exact) mass is 536 g/mol. The largest absolute Gasteiger partial charge is 0.484 e. The van der Waals surface area contributed by atoms with E-state index in [4.69, 9.17) is 9.15 Å². The molecule has 0 radical (unpaired) electrons.